The fourth-order valence-electron chi connectivity index (χ4n) is 4.58. The van der Waals surface area contributed by atoms with Gasteiger partial charge in [-0.15, -0.1) is 0 Å². The van der Waals surface area contributed by atoms with Crippen molar-refractivity contribution in [2.75, 3.05) is 27.4 Å². The SMILES string of the molecule is COc1ccc(C[NH2+]CC[C@]2(c3ccc(C)cc3)CCO[C@@H](C(C)C)C2)cc1OC. The van der Waals surface area contributed by atoms with E-state index in [0.717, 1.165) is 50.5 Å². The molecule has 1 aliphatic rings. The van der Waals surface area contributed by atoms with E-state index in [9.17, 15) is 0 Å². The summed E-state index contributed by atoms with van der Waals surface area (Å²) in [5.74, 6) is 2.12. The lowest BCUT2D eigenvalue weighted by atomic mass is 9.68. The van der Waals surface area contributed by atoms with Gasteiger partial charge in [-0.2, -0.15) is 0 Å². The van der Waals surface area contributed by atoms with Crippen LogP contribution < -0.4 is 14.8 Å². The summed E-state index contributed by atoms with van der Waals surface area (Å²) in [6.07, 6.45) is 3.71. The number of ether oxygens (including phenoxy) is 3. The molecule has 2 N–H and O–H groups in total. The molecule has 3 rings (SSSR count). The quantitative estimate of drug-likeness (QED) is 0.627. The van der Waals surface area contributed by atoms with Crippen LogP contribution in [-0.2, 0) is 16.7 Å². The Labute approximate surface area is 181 Å². The zero-order valence-electron chi connectivity index (χ0n) is 19.2. The highest BCUT2D eigenvalue weighted by Gasteiger charge is 2.39. The van der Waals surface area contributed by atoms with Crippen molar-refractivity contribution in [2.45, 2.75) is 58.1 Å². The standard InChI is InChI=1S/C26H37NO3/c1-19(2)25-17-26(13-15-30-25,22-9-6-20(3)7-10-22)12-14-27-18-21-8-11-23(28-4)24(16-21)29-5/h6-11,16,19,25,27H,12-15,17-18H2,1-5H3/p+1/t25-,26+/m1/s1. The summed E-state index contributed by atoms with van der Waals surface area (Å²) in [5.41, 5.74) is 4.25. The molecule has 0 radical (unpaired) electrons. The van der Waals surface area contributed by atoms with Crippen LogP contribution in [-0.4, -0.2) is 33.5 Å². The van der Waals surface area contributed by atoms with Gasteiger partial charge >= 0.3 is 0 Å². The first-order valence-electron chi connectivity index (χ1n) is 11.2. The molecule has 30 heavy (non-hydrogen) atoms. The summed E-state index contributed by atoms with van der Waals surface area (Å²) in [5, 5.41) is 2.41. The molecule has 0 amide bonds. The van der Waals surface area contributed by atoms with Crippen molar-refractivity contribution in [3.8, 4) is 11.5 Å². The van der Waals surface area contributed by atoms with Gasteiger partial charge in [0.2, 0.25) is 0 Å². The Morgan fingerprint density at radius 3 is 2.47 bits per heavy atom. The van der Waals surface area contributed by atoms with Crippen molar-refractivity contribution in [3.63, 3.8) is 0 Å². The van der Waals surface area contributed by atoms with Crippen LogP contribution in [0.4, 0.5) is 0 Å². The zero-order valence-corrected chi connectivity index (χ0v) is 19.2. The minimum absolute atomic E-state index is 0.203. The van der Waals surface area contributed by atoms with Gasteiger partial charge in [-0.1, -0.05) is 43.7 Å². The van der Waals surface area contributed by atoms with E-state index < -0.39 is 0 Å². The summed E-state index contributed by atoms with van der Waals surface area (Å²) in [6, 6.07) is 15.4. The van der Waals surface area contributed by atoms with E-state index in [0.29, 0.717) is 12.0 Å². The third kappa shape index (κ3) is 5.35. The Morgan fingerprint density at radius 1 is 1.07 bits per heavy atom. The van der Waals surface area contributed by atoms with Gasteiger partial charge in [0.25, 0.3) is 0 Å². The number of hydrogen-bond acceptors (Lipinski definition) is 3. The average Bonchev–Trinajstić information content (AvgIpc) is 2.77. The second kappa shape index (κ2) is 10.3. The van der Waals surface area contributed by atoms with Crippen LogP contribution in [0.15, 0.2) is 42.5 Å². The third-order valence-corrected chi connectivity index (χ3v) is 6.57. The van der Waals surface area contributed by atoms with Crippen LogP contribution in [0.5, 0.6) is 11.5 Å². The molecule has 4 heteroatoms. The fourth-order valence-corrected chi connectivity index (χ4v) is 4.58. The van der Waals surface area contributed by atoms with Gasteiger partial charge in [-0.3, -0.25) is 0 Å². The first-order chi connectivity index (χ1) is 14.5. The number of quaternary nitrogens is 1. The Hall–Kier alpha value is -2.04. The molecule has 164 valence electrons. The summed E-state index contributed by atoms with van der Waals surface area (Å²) >= 11 is 0. The molecule has 2 aromatic carbocycles. The largest absolute Gasteiger partial charge is 0.493 e. The van der Waals surface area contributed by atoms with Crippen molar-refractivity contribution >= 4 is 0 Å². The van der Waals surface area contributed by atoms with E-state index in [2.05, 4.69) is 62.5 Å². The van der Waals surface area contributed by atoms with E-state index in [4.69, 9.17) is 14.2 Å². The van der Waals surface area contributed by atoms with Gasteiger partial charge in [0, 0.05) is 24.0 Å². The van der Waals surface area contributed by atoms with E-state index in [1.807, 2.05) is 6.07 Å². The molecule has 0 bridgehead atoms. The molecule has 0 aromatic heterocycles. The topological polar surface area (TPSA) is 44.3 Å². The normalized spacial score (nSPS) is 21.6. The molecule has 0 aliphatic carbocycles. The predicted octanol–water partition coefficient (Wildman–Crippen LogP) is 4.24. The van der Waals surface area contributed by atoms with Crippen molar-refractivity contribution in [3.05, 3.63) is 59.2 Å². The van der Waals surface area contributed by atoms with Crippen molar-refractivity contribution in [1.29, 1.82) is 0 Å². The first kappa shape index (κ1) is 22.6. The van der Waals surface area contributed by atoms with Crippen molar-refractivity contribution in [2.24, 2.45) is 5.92 Å². The molecule has 1 fully saturated rings. The number of aryl methyl sites for hydroxylation is 1. The highest BCUT2D eigenvalue weighted by atomic mass is 16.5. The molecule has 1 saturated heterocycles. The molecule has 2 aromatic rings. The number of hydrogen-bond donors (Lipinski definition) is 1. The molecule has 4 nitrogen and oxygen atoms in total. The molecule has 0 unspecified atom stereocenters. The Morgan fingerprint density at radius 2 is 1.80 bits per heavy atom. The lowest BCUT2D eigenvalue weighted by Gasteiger charge is -2.42. The van der Waals surface area contributed by atoms with E-state index in [1.54, 1.807) is 14.2 Å². The molecule has 0 spiro atoms. The fraction of sp³-hybridized carbons (Fsp3) is 0.538. The lowest BCUT2D eigenvalue weighted by molar-refractivity contribution is -0.672. The van der Waals surface area contributed by atoms with Gasteiger partial charge < -0.3 is 19.5 Å². The Bertz CT molecular complexity index is 802. The zero-order chi connectivity index (χ0) is 21.6. The Kier molecular flexibility index (Phi) is 7.79. The van der Waals surface area contributed by atoms with Crippen LogP contribution in [0.2, 0.25) is 0 Å². The van der Waals surface area contributed by atoms with Gasteiger partial charge in [0.15, 0.2) is 11.5 Å². The van der Waals surface area contributed by atoms with Crippen LogP contribution in [0.25, 0.3) is 0 Å². The van der Waals surface area contributed by atoms with Crippen molar-refractivity contribution < 1.29 is 19.5 Å². The molecular weight excluding hydrogens is 374 g/mol. The summed E-state index contributed by atoms with van der Waals surface area (Å²) in [4.78, 5) is 0. The van der Waals surface area contributed by atoms with Crippen LogP contribution in [0.1, 0.15) is 49.8 Å². The maximum Gasteiger partial charge on any atom is 0.161 e. The highest BCUT2D eigenvalue weighted by molar-refractivity contribution is 5.42. The summed E-state index contributed by atoms with van der Waals surface area (Å²) in [6.45, 7) is 9.60. The highest BCUT2D eigenvalue weighted by Crippen LogP contribution is 2.41. The monoisotopic (exact) mass is 412 g/mol. The third-order valence-electron chi connectivity index (χ3n) is 6.57. The first-order valence-corrected chi connectivity index (χ1v) is 11.2. The second-order valence-corrected chi connectivity index (χ2v) is 8.97. The van der Waals surface area contributed by atoms with Crippen molar-refractivity contribution in [1.82, 2.24) is 0 Å². The minimum atomic E-state index is 0.203. The second-order valence-electron chi connectivity index (χ2n) is 8.97. The maximum absolute atomic E-state index is 6.13. The lowest BCUT2D eigenvalue weighted by Crippen LogP contribution is -2.83. The maximum atomic E-state index is 6.13. The van der Waals surface area contributed by atoms with Gasteiger partial charge in [0.05, 0.1) is 26.9 Å². The van der Waals surface area contributed by atoms with E-state index >= 15 is 0 Å². The van der Waals surface area contributed by atoms with Gasteiger partial charge in [0.1, 0.15) is 6.54 Å². The molecular formula is C26H38NO3+. The van der Waals surface area contributed by atoms with Crippen LogP contribution in [0, 0.1) is 12.8 Å². The number of benzene rings is 2. The van der Waals surface area contributed by atoms with E-state index in [-0.39, 0.29) is 5.41 Å². The molecule has 2 atom stereocenters. The van der Waals surface area contributed by atoms with E-state index in [1.165, 1.54) is 16.7 Å². The van der Waals surface area contributed by atoms with Crippen LogP contribution >= 0.6 is 0 Å². The predicted molar refractivity (Wildman–Crippen MR) is 121 cm³/mol. The smallest absolute Gasteiger partial charge is 0.161 e. The minimum Gasteiger partial charge on any atom is -0.493 e. The Balaban J connectivity index is 1.68. The summed E-state index contributed by atoms with van der Waals surface area (Å²) < 4.78 is 16.9. The van der Waals surface area contributed by atoms with Gasteiger partial charge in [-0.05, 0) is 49.4 Å². The van der Waals surface area contributed by atoms with Crippen LogP contribution in [0.3, 0.4) is 0 Å². The van der Waals surface area contributed by atoms with Gasteiger partial charge in [-0.25, -0.2) is 0 Å². The molecule has 1 aliphatic heterocycles. The number of methoxy groups -OCH3 is 2. The number of nitrogens with two attached hydrogens (primary N) is 1. The molecule has 0 saturated carbocycles. The number of rotatable bonds is 9. The molecule has 1 heterocycles. The average molecular weight is 413 g/mol. The summed E-state index contributed by atoms with van der Waals surface area (Å²) in [7, 11) is 3.36.